The molecule has 2 aliphatic heterocycles. The molecule has 10 nitrogen and oxygen atoms in total. The zero-order valence-electron chi connectivity index (χ0n) is 19.4. The summed E-state index contributed by atoms with van der Waals surface area (Å²) in [6.07, 6.45) is 1.49. The molecule has 34 heavy (non-hydrogen) atoms. The van der Waals surface area contributed by atoms with Crippen LogP contribution >= 0.6 is 0 Å². The molecule has 0 aliphatic carbocycles. The molecule has 2 aliphatic rings. The molecular weight excluding hydrogens is 462 g/mol. The topological polar surface area (TPSA) is 120 Å². The molecule has 4 rings (SSSR count). The Labute approximate surface area is 201 Å². The van der Waals surface area contributed by atoms with Crippen LogP contribution in [0.3, 0.4) is 0 Å². The molecule has 2 atom stereocenters. The first-order valence-corrected chi connectivity index (χ1v) is 12.1. The van der Waals surface area contributed by atoms with Crippen LogP contribution in [0.1, 0.15) is 45.1 Å². The smallest absolute Gasteiger partial charge is 0.407 e. The van der Waals surface area contributed by atoms with E-state index in [1.165, 1.54) is 11.2 Å². The second kappa shape index (κ2) is 10.2. The average molecular weight is 492 g/mol. The number of amides is 1. The van der Waals surface area contributed by atoms with Crippen molar-refractivity contribution in [3.63, 3.8) is 0 Å². The lowest BCUT2D eigenvalue weighted by Gasteiger charge is -2.44. The number of aromatic nitrogens is 2. The molecule has 1 N–H and O–H groups in total. The molecule has 0 bridgehead atoms. The lowest BCUT2D eigenvalue weighted by atomic mass is 9.80. The number of carbonyl (C=O) groups is 1. The zero-order valence-corrected chi connectivity index (χ0v) is 20.2. The van der Waals surface area contributed by atoms with Gasteiger partial charge in [-0.3, -0.25) is 8.37 Å². The Balaban J connectivity index is 1.38. The predicted octanol–water partition coefficient (Wildman–Crippen LogP) is 3.91. The van der Waals surface area contributed by atoms with Gasteiger partial charge in [-0.15, -0.1) is 0 Å². The van der Waals surface area contributed by atoms with Crippen LogP contribution in [0.2, 0.25) is 0 Å². The normalized spacial score (nSPS) is 25.6. The van der Waals surface area contributed by atoms with E-state index in [9.17, 15) is 14.1 Å². The maximum atomic E-state index is 11.6. The summed E-state index contributed by atoms with van der Waals surface area (Å²) in [5.41, 5.74) is 0.788. The number of benzene rings is 1. The van der Waals surface area contributed by atoms with Gasteiger partial charge in [0.1, 0.15) is 18.2 Å². The number of hydrogen-bond donors (Lipinski definition) is 1. The minimum Gasteiger partial charge on any atom is -0.474 e. The van der Waals surface area contributed by atoms with Gasteiger partial charge in [-0.2, -0.15) is 4.21 Å². The first-order valence-electron chi connectivity index (χ1n) is 11.1. The minimum atomic E-state index is -1.66. The molecule has 11 heteroatoms. The van der Waals surface area contributed by atoms with Crippen molar-refractivity contribution in [2.75, 3.05) is 19.8 Å². The number of nitrogens with zero attached hydrogens (tertiary/aromatic N) is 3. The molecule has 184 valence electrons. The molecule has 0 saturated carbocycles. The summed E-state index contributed by atoms with van der Waals surface area (Å²) in [7, 11) is 0. The molecule has 0 radical (unpaired) electrons. The minimum absolute atomic E-state index is 0.00951. The van der Waals surface area contributed by atoms with Gasteiger partial charge in [0.05, 0.1) is 19.3 Å². The largest absolute Gasteiger partial charge is 0.474 e. The van der Waals surface area contributed by atoms with E-state index >= 15 is 0 Å². The lowest BCUT2D eigenvalue weighted by molar-refractivity contribution is 0.0116. The molecule has 1 aromatic carbocycles. The van der Waals surface area contributed by atoms with E-state index < -0.39 is 17.5 Å². The van der Waals surface area contributed by atoms with Crippen LogP contribution in [0, 0.1) is 5.41 Å². The van der Waals surface area contributed by atoms with Gasteiger partial charge in [0, 0.05) is 31.3 Å². The van der Waals surface area contributed by atoms with Crippen molar-refractivity contribution in [3.8, 4) is 17.5 Å². The van der Waals surface area contributed by atoms with Crippen LogP contribution in [0.5, 0.6) is 17.5 Å². The molecule has 3 heterocycles. The van der Waals surface area contributed by atoms with Gasteiger partial charge in [-0.25, -0.2) is 14.8 Å². The lowest BCUT2D eigenvalue weighted by Crippen LogP contribution is -2.53. The highest BCUT2D eigenvalue weighted by Crippen LogP contribution is 2.34. The Morgan fingerprint density at radius 1 is 1.15 bits per heavy atom. The first-order chi connectivity index (χ1) is 16.2. The van der Waals surface area contributed by atoms with Crippen molar-refractivity contribution in [2.45, 2.75) is 51.7 Å². The molecular formula is C23H29N3O7S. The maximum Gasteiger partial charge on any atom is 0.407 e. The van der Waals surface area contributed by atoms with E-state index in [1.807, 2.05) is 45.0 Å². The van der Waals surface area contributed by atoms with Gasteiger partial charge in [0.15, 0.2) is 0 Å². The molecule has 2 aromatic rings. The SMILES string of the molecule is CC(C)(C)[C@@H]1C[C@@H](Oc2cc(Oc3ccc(C4COS(=O)OC4)cc3)ncn2)CCN1C(=O)O. The second-order valence-electron chi connectivity index (χ2n) is 9.46. The third-order valence-electron chi connectivity index (χ3n) is 6.01. The zero-order chi connectivity index (χ0) is 24.3. The van der Waals surface area contributed by atoms with Crippen molar-refractivity contribution in [1.82, 2.24) is 14.9 Å². The molecule has 1 amide bonds. The highest BCUT2D eigenvalue weighted by atomic mass is 32.2. The Morgan fingerprint density at radius 3 is 2.47 bits per heavy atom. The van der Waals surface area contributed by atoms with Gasteiger partial charge in [0.25, 0.3) is 0 Å². The first kappa shape index (κ1) is 24.4. The van der Waals surface area contributed by atoms with E-state index in [0.29, 0.717) is 50.1 Å². The maximum absolute atomic E-state index is 11.6. The van der Waals surface area contributed by atoms with Crippen LogP contribution < -0.4 is 9.47 Å². The van der Waals surface area contributed by atoms with Crippen molar-refractivity contribution < 1.29 is 31.9 Å². The summed E-state index contributed by atoms with van der Waals surface area (Å²) in [6.45, 7) is 7.19. The number of piperidine rings is 1. The Morgan fingerprint density at radius 2 is 1.82 bits per heavy atom. The number of hydrogen-bond acceptors (Lipinski definition) is 8. The van der Waals surface area contributed by atoms with E-state index in [1.54, 1.807) is 6.07 Å². The summed E-state index contributed by atoms with van der Waals surface area (Å²) in [4.78, 5) is 21.5. The number of ether oxygens (including phenoxy) is 2. The quantitative estimate of drug-likeness (QED) is 0.663. The standard InChI is InChI=1S/C23H29N3O7S/c1-23(2,3)19-10-18(8-9-26(19)22(27)28)33-21-11-20(24-14-25-21)32-17-6-4-15(5-7-17)16-12-30-34(29)31-13-16/h4-7,11,14,16,18-19H,8-10,12-13H2,1-3H3,(H,27,28)/t16?,18-,19-,34?/m0/s1. The third-order valence-corrected chi connectivity index (χ3v) is 6.67. The summed E-state index contributed by atoms with van der Waals surface area (Å²) in [5.74, 6) is 1.33. The van der Waals surface area contributed by atoms with E-state index in [2.05, 4.69) is 9.97 Å². The molecule has 2 fully saturated rings. The Kier molecular flexibility index (Phi) is 7.34. The molecule has 0 spiro atoms. The summed E-state index contributed by atoms with van der Waals surface area (Å²) in [6, 6.07) is 8.92. The second-order valence-corrected chi connectivity index (χ2v) is 10.3. The van der Waals surface area contributed by atoms with Crippen LogP contribution in [0.4, 0.5) is 4.79 Å². The summed E-state index contributed by atoms with van der Waals surface area (Å²) < 4.78 is 33.2. The molecule has 2 saturated heterocycles. The van der Waals surface area contributed by atoms with Gasteiger partial charge in [0.2, 0.25) is 11.8 Å². The van der Waals surface area contributed by atoms with Crippen molar-refractivity contribution in [1.29, 1.82) is 0 Å². The Bertz CT molecular complexity index is 1020. The van der Waals surface area contributed by atoms with Crippen molar-refractivity contribution in [2.24, 2.45) is 5.41 Å². The van der Waals surface area contributed by atoms with Gasteiger partial charge >= 0.3 is 17.5 Å². The van der Waals surface area contributed by atoms with E-state index in [-0.39, 0.29) is 23.5 Å². The monoisotopic (exact) mass is 491 g/mol. The fourth-order valence-electron chi connectivity index (χ4n) is 4.18. The number of carboxylic acid groups (broad SMARTS) is 1. The average Bonchev–Trinajstić information content (AvgIpc) is 2.80. The number of rotatable bonds is 5. The highest BCUT2D eigenvalue weighted by Gasteiger charge is 2.39. The van der Waals surface area contributed by atoms with Gasteiger partial charge in [-0.1, -0.05) is 32.9 Å². The summed E-state index contributed by atoms with van der Waals surface area (Å²) in [5, 5.41) is 9.55. The number of likely N-dealkylation sites (tertiary alicyclic amines) is 1. The van der Waals surface area contributed by atoms with E-state index in [0.717, 1.165) is 5.56 Å². The Hall–Kier alpha value is -2.76. The van der Waals surface area contributed by atoms with Crippen LogP contribution in [-0.2, 0) is 19.7 Å². The van der Waals surface area contributed by atoms with Crippen LogP contribution in [-0.4, -0.2) is 62.2 Å². The highest BCUT2D eigenvalue weighted by molar-refractivity contribution is 7.75. The van der Waals surface area contributed by atoms with Crippen molar-refractivity contribution >= 4 is 17.5 Å². The van der Waals surface area contributed by atoms with Crippen LogP contribution in [0.25, 0.3) is 0 Å². The summed E-state index contributed by atoms with van der Waals surface area (Å²) >= 11 is -1.66. The van der Waals surface area contributed by atoms with E-state index in [4.69, 9.17) is 17.8 Å². The van der Waals surface area contributed by atoms with Gasteiger partial charge in [-0.05, 0) is 23.1 Å². The molecule has 0 unspecified atom stereocenters. The fraction of sp³-hybridized carbons (Fsp3) is 0.522. The molecule has 1 aromatic heterocycles. The van der Waals surface area contributed by atoms with Crippen molar-refractivity contribution in [3.05, 3.63) is 42.2 Å². The predicted molar refractivity (Wildman–Crippen MR) is 123 cm³/mol. The third kappa shape index (κ3) is 6.02. The van der Waals surface area contributed by atoms with Crippen LogP contribution in [0.15, 0.2) is 36.7 Å². The van der Waals surface area contributed by atoms with Gasteiger partial charge < -0.3 is 19.5 Å². The fourth-order valence-corrected chi connectivity index (χ4v) is 4.80.